The van der Waals surface area contributed by atoms with Crippen LogP contribution in [0.1, 0.15) is 45.4 Å². The van der Waals surface area contributed by atoms with Gasteiger partial charge in [0.1, 0.15) is 0 Å². The van der Waals surface area contributed by atoms with Crippen molar-refractivity contribution in [3.8, 4) is 0 Å². The predicted molar refractivity (Wildman–Crippen MR) is 82.3 cm³/mol. The van der Waals surface area contributed by atoms with Crippen LogP contribution in [0, 0.1) is 23.2 Å². The first kappa shape index (κ1) is 19.6. The van der Waals surface area contributed by atoms with Crippen molar-refractivity contribution in [2.75, 3.05) is 6.61 Å². The maximum atomic E-state index is 13.5. The van der Waals surface area contributed by atoms with E-state index in [1.165, 1.54) is 0 Å². The molecule has 4 rings (SSSR count). The molecule has 4 bridgehead atoms. The smallest absolute Gasteiger partial charge is 0.415 e. The van der Waals surface area contributed by atoms with Gasteiger partial charge >= 0.3 is 24.4 Å². The average Bonchev–Trinajstić information content (AvgIpc) is 2.48. The molecule has 26 heavy (non-hydrogen) atoms. The lowest BCUT2D eigenvalue weighted by atomic mass is 9.50. The van der Waals surface area contributed by atoms with Crippen molar-refractivity contribution in [3.05, 3.63) is 12.2 Å². The SMILES string of the molecule is C=C(C)C(=O)OC(OCC12CC3CC(CC(C3)C1)C2)(C(F)F)C(F)(F)F. The van der Waals surface area contributed by atoms with E-state index in [4.69, 9.17) is 4.74 Å². The van der Waals surface area contributed by atoms with Gasteiger partial charge in [0.15, 0.2) is 0 Å². The molecule has 0 saturated heterocycles. The molecule has 4 aliphatic rings. The summed E-state index contributed by atoms with van der Waals surface area (Å²) in [6.07, 6.45) is -4.39. The fraction of sp³-hybridized carbons (Fsp3) is 0.833. The van der Waals surface area contributed by atoms with E-state index in [0.29, 0.717) is 37.0 Å². The number of alkyl halides is 5. The Labute approximate surface area is 148 Å². The first-order valence-corrected chi connectivity index (χ1v) is 8.84. The summed E-state index contributed by atoms with van der Waals surface area (Å²) in [6, 6.07) is 0. The number of rotatable bonds is 6. The lowest BCUT2D eigenvalue weighted by Gasteiger charge is -2.57. The van der Waals surface area contributed by atoms with E-state index in [1.807, 2.05) is 0 Å². The van der Waals surface area contributed by atoms with Gasteiger partial charge in [0.25, 0.3) is 0 Å². The van der Waals surface area contributed by atoms with Crippen molar-refractivity contribution in [2.45, 2.75) is 63.8 Å². The van der Waals surface area contributed by atoms with Crippen molar-refractivity contribution in [1.82, 2.24) is 0 Å². The van der Waals surface area contributed by atoms with Crippen molar-refractivity contribution in [2.24, 2.45) is 23.2 Å². The van der Waals surface area contributed by atoms with Crippen molar-refractivity contribution >= 4 is 5.97 Å². The fourth-order valence-electron chi connectivity index (χ4n) is 5.35. The summed E-state index contributed by atoms with van der Waals surface area (Å²) in [5, 5.41) is 0. The molecule has 0 aromatic rings. The Kier molecular flexibility index (Phi) is 4.86. The molecule has 3 nitrogen and oxygen atoms in total. The molecule has 1 atom stereocenters. The minimum Gasteiger partial charge on any atom is -0.415 e. The van der Waals surface area contributed by atoms with Gasteiger partial charge in [-0.05, 0) is 68.6 Å². The van der Waals surface area contributed by atoms with Crippen LogP contribution < -0.4 is 0 Å². The Morgan fingerprint density at radius 2 is 1.58 bits per heavy atom. The lowest BCUT2D eigenvalue weighted by Crippen LogP contribution is -2.59. The summed E-state index contributed by atoms with van der Waals surface area (Å²) in [4.78, 5) is 11.6. The number of halogens is 5. The van der Waals surface area contributed by atoms with Crippen LogP contribution in [-0.2, 0) is 14.3 Å². The second-order valence-corrected chi connectivity index (χ2v) is 8.34. The Morgan fingerprint density at radius 3 is 1.92 bits per heavy atom. The molecule has 1 unspecified atom stereocenters. The zero-order valence-electron chi connectivity index (χ0n) is 14.6. The van der Waals surface area contributed by atoms with E-state index in [0.717, 1.165) is 26.2 Å². The van der Waals surface area contributed by atoms with Gasteiger partial charge in [-0.25, -0.2) is 13.6 Å². The van der Waals surface area contributed by atoms with E-state index in [9.17, 15) is 26.7 Å². The molecule has 8 heteroatoms. The largest absolute Gasteiger partial charge is 0.462 e. The van der Waals surface area contributed by atoms with Gasteiger partial charge in [-0.2, -0.15) is 13.2 Å². The highest BCUT2D eigenvalue weighted by Gasteiger charge is 2.68. The Bertz CT molecular complexity index is 551. The lowest BCUT2D eigenvalue weighted by molar-refractivity contribution is -0.406. The van der Waals surface area contributed by atoms with Crippen LogP contribution >= 0.6 is 0 Å². The highest BCUT2D eigenvalue weighted by atomic mass is 19.4. The number of carbonyl (C=O) groups excluding carboxylic acids is 1. The Hall–Kier alpha value is -1.18. The van der Waals surface area contributed by atoms with Gasteiger partial charge < -0.3 is 9.47 Å². The summed E-state index contributed by atoms with van der Waals surface area (Å²) in [7, 11) is 0. The summed E-state index contributed by atoms with van der Waals surface area (Å²) in [6.45, 7) is 3.76. The zero-order valence-corrected chi connectivity index (χ0v) is 14.6. The topological polar surface area (TPSA) is 35.5 Å². The standard InChI is InChI=1S/C18H23F5O3/c1-10(2)14(24)26-17(15(19)20,18(21,22)23)25-9-16-6-11-3-12(7-16)5-13(4-11)8-16/h11-13,15H,1,3-9H2,2H3. The fourth-order valence-corrected chi connectivity index (χ4v) is 5.35. The third kappa shape index (κ3) is 3.37. The minimum absolute atomic E-state index is 0.405. The molecular weight excluding hydrogens is 359 g/mol. The van der Waals surface area contributed by atoms with Crippen LogP contribution in [0.4, 0.5) is 22.0 Å². The van der Waals surface area contributed by atoms with Crippen LogP contribution in [0.3, 0.4) is 0 Å². The average molecular weight is 382 g/mol. The van der Waals surface area contributed by atoms with Crippen molar-refractivity contribution in [3.63, 3.8) is 0 Å². The molecule has 0 radical (unpaired) electrons. The van der Waals surface area contributed by atoms with Gasteiger partial charge in [0, 0.05) is 5.57 Å². The van der Waals surface area contributed by atoms with Crippen molar-refractivity contribution in [1.29, 1.82) is 0 Å². The number of esters is 1. The molecule has 0 aromatic carbocycles. The van der Waals surface area contributed by atoms with Gasteiger partial charge in [0.05, 0.1) is 6.61 Å². The monoisotopic (exact) mass is 382 g/mol. The predicted octanol–water partition coefficient (Wildman–Crippen LogP) is 4.86. The van der Waals surface area contributed by atoms with E-state index < -0.39 is 42.0 Å². The molecule has 0 N–H and O–H groups in total. The molecule has 0 aliphatic heterocycles. The molecule has 0 heterocycles. The van der Waals surface area contributed by atoms with E-state index in [-0.39, 0.29) is 0 Å². The molecule has 148 valence electrons. The van der Waals surface area contributed by atoms with E-state index in [1.54, 1.807) is 0 Å². The number of hydrogen-bond acceptors (Lipinski definition) is 3. The van der Waals surface area contributed by atoms with Crippen molar-refractivity contribution < 1.29 is 36.2 Å². The number of hydrogen-bond donors (Lipinski definition) is 0. The summed E-state index contributed by atoms with van der Waals surface area (Å²) in [5.41, 5.74) is -0.937. The first-order valence-electron chi connectivity index (χ1n) is 8.84. The van der Waals surface area contributed by atoms with Gasteiger partial charge in [-0.1, -0.05) is 6.58 Å². The van der Waals surface area contributed by atoms with Gasteiger partial charge in [-0.15, -0.1) is 0 Å². The maximum Gasteiger partial charge on any atom is 0.462 e. The molecule has 4 fully saturated rings. The van der Waals surface area contributed by atoms with Crippen LogP contribution in [0.2, 0.25) is 0 Å². The van der Waals surface area contributed by atoms with E-state index in [2.05, 4.69) is 11.3 Å². The summed E-state index contributed by atoms with van der Waals surface area (Å²) in [5.74, 6) is -4.53. The van der Waals surface area contributed by atoms with Crippen LogP contribution in [0.25, 0.3) is 0 Å². The molecule has 0 amide bonds. The van der Waals surface area contributed by atoms with Gasteiger partial charge in [0.2, 0.25) is 0 Å². The third-order valence-corrected chi connectivity index (χ3v) is 6.03. The molecule has 4 saturated carbocycles. The summed E-state index contributed by atoms with van der Waals surface area (Å²) >= 11 is 0. The van der Waals surface area contributed by atoms with Crippen LogP contribution in [0.5, 0.6) is 0 Å². The zero-order chi connectivity index (χ0) is 19.3. The highest BCUT2D eigenvalue weighted by Crippen LogP contribution is 2.60. The maximum absolute atomic E-state index is 13.5. The van der Waals surface area contributed by atoms with Crippen LogP contribution in [0.15, 0.2) is 12.2 Å². The Morgan fingerprint density at radius 1 is 1.12 bits per heavy atom. The first-order chi connectivity index (χ1) is 12.0. The quantitative estimate of drug-likeness (QED) is 0.285. The summed E-state index contributed by atoms with van der Waals surface area (Å²) < 4.78 is 76.4. The number of ether oxygens (including phenoxy) is 2. The van der Waals surface area contributed by atoms with Crippen LogP contribution in [-0.4, -0.2) is 31.0 Å². The van der Waals surface area contributed by atoms with Gasteiger partial charge in [-0.3, -0.25) is 0 Å². The molecule has 0 aromatic heterocycles. The molecular formula is C18H23F5O3. The highest BCUT2D eigenvalue weighted by molar-refractivity contribution is 5.87. The second kappa shape index (κ2) is 6.46. The third-order valence-electron chi connectivity index (χ3n) is 6.03. The normalized spacial score (nSPS) is 35.4. The Balaban J connectivity index is 1.82. The minimum atomic E-state index is -5.56. The molecule has 4 aliphatic carbocycles. The van der Waals surface area contributed by atoms with E-state index >= 15 is 0 Å². The molecule has 0 spiro atoms. The number of carbonyl (C=O) groups is 1. The second-order valence-electron chi connectivity index (χ2n) is 8.34.